The zero-order valence-electron chi connectivity index (χ0n) is 16.5. The van der Waals surface area contributed by atoms with Gasteiger partial charge in [0.15, 0.2) is 5.35 Å². The van der Waals surface area contributed by atoms with Gasteiger partial charge in [-0.05, 0) is 29.8 Å². The van der Waals surface area contributed by atoms with E-state index in [0.717, 1.165) is 23.2 Å². The minimum absolute atomic E-state index is 0.619. The Hall–Kier alpha value is -2.92. The zero-order chi connectivity index (χ0) is 19.6. The Kier molecular flexibility index (Phi) is 4.77. The van der Waals surface area contributed by atoms with Crippen molar-refractivity contribution in [3.05, 3.63) is 90.5 Å². The highest BCUT2D eigenvalue weighted by atomic mass is 28.3. The summed E-state index contributed by atoms with van der Waals surface area (Å²) in [5.74, 6) is 0.848. The first kappa shape index (κ1) is 18.4. The van der Waals surface area contributed by atoms with Crippen molar-refractivity contribution in [2.75, 3.05) is 0 Å². The second kappa shape index (κ2) is 7.24. The van der Waals surface area contributed by atoms with Crippen LogP contribution in [0.1, 0.15) is 5.56 Å². The number of para-hydroxylation sites is 2. The van der Waals surface area contributed by atoms with E-state index in [0.29, 0.717) is 0 Å². The molecule has 4 aromatic rings. The summed E-state index contributed by atoms with van der Waals surface area (Å²) in [4.78, 5) is 0. The molecule has 1 heterocycles. The number of nitrogens with zero attached hydrogens (tertiary/aromatic N) is 3. The van der Waals surface area contributed by atoms with E-state index in [1.165, 1.54) is 5.56 Å². The number of rotatable bonds is 6. The third-order valence-corrected chi connectivity index (χ3v) is 8.02. The molecule has 0 saturated carbocycles. The fraction of sp³-hybridized carbons (Fsp3) is 0.217. The predicted molar refractivity (Wildman–Crippen MR) is 116 cm³/mol. The van der Waals surface area contributed by atoms with Gasteiger partial charge in [0.05, 0.1) is 5.52 Å². The molecule has 4 nitrogen and oxygen atoms in total. The van der Waals surface area contributed by atoms with Crippen LogP contribution >= 0.6 is 0 Å². The molecule has 28 heavy (non-hydrogen) atoms. The Bertz CT molecular complexity index is 1010. The van der Waals surface area contributed by atoms with Gasteiger partial charge in [-0.15, -0.1) is 5.10 Å². The van der Waals surface area contributed by atoms with Crippen molar-refractivity contribution in [1.82, 2.24) is 15.0 Å². The Morgan fingerprint density at radius 2 is 1.43 bits per heavy atom. The molecule has 0 aliphatic carbocycles. The van der Waals surface area contributed by atoms with Crippen LogP contribution in [-0.2, 0) is 11.8 Å². The van der Waals surface area contributed by atoms with E-state index in [9.17, 15) is 0 Å². The van der Waals surface area contributed by atoms with E-state index in [1.54, 1.807) is 0 Å². The van der Waals surface area contributed by atoms with E-state index in [1.807, 2.05) is 59.3 Å². The second-order valence-electron chi connectivity index (χ2n) is 8.10. The summed E-state index contributed by atoms with van der Waals surface area (Å²) in [7, 11) is -1.99. The van der Waals surface area contributed by atoms with Crippen molar-refractivity contribution in [3.63, 3.8) is 0 Å². The molecule has 0 saturated heterocycles. The van der Waals surface area contributed by atoms with E-state index in [2.05, 4.69) is 60.3 Å². The third kappa shape index (κ3) is 3.33. The molecule has 5 heteroatoms. The molecule has 4 rings (SSSR count). The molecule has 0 spiro atoms. The van der Waals surface area contributed by atoms with Gasteiger partial charge in [0, 0.05) is 6.42 Å². The molecule has 0 fully saturated rings. The molecule has 0 radical (unpaired) electrons. The lowest BCUT2D eigenvalue weighted by atomic mass is 10.1. The van der Waals surface area contributed by atoms with Gasteiger partial charge in [0.2, 0.25) is 0 Å². The Labute approximate surface area is 166 Å². The highest BCUT2D eigenvalue weighted by Gasteiger charge is 2.49. The lowest BCUT2D eigenvalue weighted by Gasteiger charge is -2.43. The van der Waals surface area contributed by atoms with E-state index in [-0.39, 0.29) is 0 Å². The van der Waals surface area contributed by atoms with Gasteiger partial charge in [-0.3, -0.25) is 0 Å². The van der Waals surface area contributed by atoms with Crippen LogP contribution in [0, 0.1) is 0 Å². The van der Waals surface area contributed by atoms with E-state index < -0.39 is 13.4 Å². The third-order valence-electron chi connectivity index (χ3n) is 5.18. The molecule has 1 aromatic heterocycles. The normalized spacial score (nSPS) is 14.0. The molecule has 0 N–H and O–H groups in total. The first-order chi connectivity index (χ1) is 13.5. The first-order valence-corrected chi connectivity index (χ1v) is 13.1. The van der Waals surface area contributed by atoms with Gasteiger partial charge in [-0.1, -0.05) is 85.5 Å². The molecule has 0 amide bonds. The lowest BCUT2D eigenvalue weighted by Crippen LogP contribution is -2.60. The maximum absolute atomic E-state index is 6.85. The van der Waals surface area contributed by atoms with Crippen molar-refractivity contribution in [3.8, 4) is 5.75 Å². The number of hydrogen-bond donors (Lipinski definition) is 0. The lowest BCUT2D eigenvalue weighted by molar-refractivity contribution is 0.0572. The average Bonchev–Trinajstić information content (AvgIpc) is 3.13. The number of hydrogen-bond acceptors (Lipinski definition) is 3. The summed E-state index contributed by atoms with van der Waals surface area (Å²) < 4.78 is 8.87. The van der Waals surface area contributed by atoms with Crippen LogP contribution in [0.2, 0.25) is 19.6 Å². The molecular formula is C23H25N3OSi. The van der Waals surface area contributed by atoms with Gasteiger partial charge < -0.3 is 4.74 Å². The first-order valence-electron chi connectivity index (χ1n) is 9.58. The van der Waals surface area contributed by atoms with Gasteiger partial charge in [-0.25, -0.2) is 4.68 Å². The number of aromatic nitrogens is 3. The molecule has 3 aromatic carbocycles. The fourth-order valence-electron chi connectivity index (χ4n) is 3.58. The van der Waals surface area contributed by atoms with Crippen molar-refractivity contribution < 1.29 is 4.74 Å². The van der Waals surface area contributed by atoms with Gasteiger partial charge >= 0.3 is 0 Å². The predicted octanol–water partition coefficient (Wildman–Crippen LogP) is 5.28. The summed E-state index contributed by atoms with van der Waals surface area (Å²) in [5.41, 5.74) is 3.10. The SMILES string of the molecule is C[Si](C)(C)C(Cc1ccccc1)(Oc1ccccc1)n1nnc2ccccc21. The van der Waals surface area contributed by atoms with Crippen LogP contribution in [0.4, 0.5) is 0 Å². The quantitative estimate of drug-likeness (QED) is 0.422. The minimum Gasteiger partial charge on any atom is -0.470 e. The number of fused-ring (bicyclic) bond motifs is 1. The highest BCUT2D eigenvalue weighted by molar-refractivity contribution is 6.78. The molecular weight excluding hydrogens is 362 g/mol. The van der Waals surface area contributed by atoms with Crippen LogP contribution in [0.25, 0.3) is 11.0 Å². The summed E-state index contributed by atoms with van der Waals surface area (Å²) in [6.45, 7) is 6.99. The monoisotopic (exact) mass is 387 g/mol. The van der Waals surface area contributed by atoms with Gasteiger partial charge in [0.1, 0.15) is 19.3 Å². The Morgan fingerprint density at radius 1 is 0.821 bits per heavy atom. The zero-order valence-corrected chi connectivity index (χ0v) is 17.5. The minimum atomic E-state index is -1.99. The van der Waals surface area contributed by atoms with Crippen LogP contribution in [-0.4, -0.2) is 23.1 Å². The van der Waals surface area contributed by atoms with Crippen LogP contribution in [0.15, 0.2) is 84.9 Å². The van der Waals surface area contributed by atoms with E-state index >= 15 is 0 Å². The molecule has 0 aliphatic heterocycles. The van der Waals surface area contributed by atoms with Crippen LogP contribution < -0.4 is 4.74 Å². The van der Waals surface area contributed by atoms with Crippen LogP contribution in [0.3, 0.4) is 0 Å². The largest absolute Gasteiger partial charge is 0.470 e. The number of ether oxygens (including phenoxy) is 1. The summed E-state index contributed by atoms with van der Waals surface area (Å²) in [6, 6.07) is 28.6. The molecule has 0 aliphatic rings. The molecule has 142 valence electrons. The van der Waals surface area contributed by atoms with Gasteiger partial charge in [-0.2, -0.15) is 0 Å². The maximum atomic E-state index is 6.85. The highest BCUT2D eigenvalue weighted by Crippen LogP contribution is 2.37. The Morgan fingerprint density at radius 3 is 2.11 bits per heavy atom. The second-order valence-corrected chi connectivity index (χ2v) is 13.4. The average molecular weight is 388 g/mol. The summed E-state index contributed by atoms with van der Waals surface area (Å²) >= 11 is 0. The molecule has 0 bridgehead atoms. The van der Waals surface area contributed by atoms with Gasteiger partial charge in [0.25, 0.3) is 0 Å². The topological polar surface area (TPSA) is 39.9 Å². The maximum Gasteiger partial charge on any atom is 0.189 e. The Balaban J connectivity index is 1.94. The van der Waals surface area contributed by atoms with Crippen molar-refractivity contribution in [2.45, 2.75) is 31.4 Å². The van der Waals surface area contributed by atoms with Crippen molar-refractivity contribution >= 4 is 19.1 Å². The van der Waals surface area contributed by atoms with Crippen LogP contribution in [0.5, 0.6) is 5.75 Å². The smallest absolute Gasteiger partial charge is 0.189 e. The fourth-order valence-corrected chi connectivity index (χ4v) is 5.54. The standard InChI is InChI=1S/C23H25N3OSi/c1-28(2,3)23(18-19-12-6-4-7-13-19,27-20-14-8-5-9-15-20)26-22-17-11-10-16-21(22)24-25-26/h4-17H,18H2,1-3H3. The number of benzene rings is 3. The summed E-state index contributed by atoms with van der Waals surface area (Å²) in [6.07, 6.45) is 0.728. The summed E-state index contributed by atoms with van der Waals surface area (Å²) in [5, 5.41) is 8.42. The van der Waals surface area contributed by atoms with Crippen molar-refractivity contribution in [2.24, 2.45) is 0 Å². The van der Waals surface area contributed by atoms with E-state index in [4.69, 9.17) is 4.74 Å². The molecule has 1 unspecified atom stereocenters. The van der Waals surface area contributed by atoms with Crippen molar-refractivity contribution in [1.29, 1.82) is 0 Å². The molecule has 1 atom stereocenters.